The smallest absolute Gasteiger partial charge is 0.277 e. The van der Waals surface area contributed by atoms with Gasteiger partial charge in [0.05, 0.1) is 0 Å². The number of rotatable bonds is 1. The van der Waals surface area contributed by atoms with E-state index in [0.717, 1.165) is 42.4 Å². The van der Waals surface area contributed by atoms with Crippen LogP contribution in [-0.4, -0.2) is 38.8 Å². The summed E-state index contributed by atoms with van der Waals surface area (Å²) in [4.78, 5) is 30.6. The Morgan fingerprint density at radius 2 is 1.84 bits per heavy atom. The van der Waals surface area contributed by atoms with Crippen molar-refractivity contribution in [2.75, 3.05) is 18.2 Å². The van der Waals surface area contributed by atoms with Crippen molar-refractivity contribution in [2.24, 2.45) is 0 Å². The summed E-state index contributed by atoms with van der Waals surface area (Å²) < 4.78 is 1.57. The molecular formula is C24H24N4O3S. The number of benzene rings is 1. The first kappa shape index (κ1) is 20.6. The number of thiol groups is 1. The first-order valence-electron chi connectivity index (χ1n) is 10.7. The number of hydrogen-bond donors (Lipinski definition) is 2. The van der Waals surface area contributed by atoms with Crippen LogP contribution in [0.1, 0.15) is 46.4 Å². The number of hydrogen-bond acceptors (Lipinski definition) is 6. The number of carbonyl (C=O) groups is 1. The van der Waals surface area contributed by atoms with Gasteiger partial charge in [0.1, 0.15) is 6.67 Å². The largest absolute Gasteiger partial charge is 0.502 e. The molecule has 0 saturated heterocycles. The maximum absolute atomic E-state index is 13.3. The van der Waals surface area contributed by atoms with Gasteiger partial charge in [0, 0.05) is 36.8 Å². The van der Waals surface area contributed by atoms with Crippen molar-refractivity contribution in [3.8, 4) is 5.75 Å². The van der Waals surface area contributed by atoms with Crippen LogP contribution in [0.5, 0.6) is 5.75 Å². The Labute approximate surface area is 191 Å². The van der Waals surface area contributed by atoms with Crippen LogP contribution in [0.2, 0.25) is 0 Å². The summed E-state index contributed by atoms with van der Waals surface area (Å²) in [5.74, 6) is -0.900. The molecule has 0 saturated carbocycles. The summed E-state index contributed by atoms with van der Waals surface area (Å²) >= 11 is 5.28. The third-order valence-corrected chi connectivity index (χ3v) is 7.05. The second kappa shape index (κ2) is 8.02. The quantitative estimate of drug-likeness (QED) is 0.560. The van der Waals surface area contributed by atoms with E-state index >= 15 is 0 Å². The molecule has 2 aliphatic heterocycles. The van der Waals surface area contributed by atoms with Crippen molar-refractivity contribution in [1.29, 1.82) is 0 Å². The molecule has 4 heterocycles. The zero-order valence-electron chi connectivity index (χ0n) is 17.5. The highest BCUT2D eigenvalue weighted by Crippen LogP contribution is 2.42. The van der Waals surface area contributed by atoms with Crippen molar-refractivity contribution >= 4 is 18.5 Å². The number of aryl methyl sites for hydroxylation is 1. The molecule has 1 amide bonds. The van der Waals surface area contributed by atoms with Gasteiger partial charge in [-0.2, -0.15) is 0 Å². The molecule has 2 aromatic heterocycles. The Morgan fingerprint density at radius 3 is 2.66 bits per heavy atom. The van der Waals surface area contributed by atoms with E-state index in [1.165, 1.54) is 12.3 Å². The zero-order valence-corrected chi connectivity index (χ0v) is 18.4. The maximum Gasteiger partial charge on any atom is 0.277 e. The molecule has 0 aliphatic carbocycles. The number of carbonyl (C=O) groups excluding carboxylic acids is 1. The molecule has 0 radical (unpaired) electrons. The molecule has 2 bridgehead atoms. The molecule has 0 unspecified atom stereocenters. The molecule has 7 nitrogen and oxygen atoms in total. The summed E-state index contributed by atoms with van der Waals surface area (Å²) in [6, 6.07) is 13.1. The average molecular weight is 449 g/mol. The van der Waals surface area contributed by atoms with Crippen LogP contribution in [0.4, 0.5) is 0 Å². The fourth-order valence-electron chi connectivity index (χ4n) is 4.66. The standard InChI is InChI=1S/C24H24N4O3S/c29-20-11-14-27-21(22(20)30)23(31)26-13-6-2-3-7-17-10-12-25-15-19(17)24(32,28(27)16-26)18-8-4-1-5-9-18/h1,4-5,8-12,14-15,30,32H,2-3,6-7,13,16H2/t24-/m0/s1. The van der Waals surface area contributed by atoms with E-state index in [4.69, 9.17) is 12.6 Å². The Morgan fingerprint density at radius 1 is 1.03 bits per heavy atom. The Hall–Kier alpha value is -3.26. The predicted octanol–water partition coefficient (Wildman–Crippen LogP) is 2.86. The van der Waals surface area contributed by atoms with Crippen LogP contribution < -0.4 is 10.4 Å². The minimum absolute atomic E-state index is 0.0391. The van der Waals surface area contributed by atoms with Gasteiger partial charge in [-0.15, -0.1) is 12.6 Å². The minimum Gasteiger partial charge on any atom is -0.502 e. The van der Waals surface area contributed by atoms with E-state index in [9.17, 15) is 14.7 Å². The third kappa shape index (κ3) is 3.17. The molecule has 3 aromatic rings. The number of nitrogens with zero attached hydrogens (tertiary/aromatic N) is 4. The normalized spacial score (nSPS) is 20.8. The molecule has 164 valence electrons. The Kier molecular flexibility index (Phi) is 5.17. The number of aromatic nitrogens is 2. The van der Waals surface area contributed by atoms with Gasteiger partial charge in [0.2, 0.25) is 5.43 Å². The van der Waals surface area contributed by atoms with E-state index in [1.807, 2.05) is 47.6 Å². The van der Waals surface area contributed by atoms with Crippen LogP contribution in [0, 0.1) is 0 Å². The monoisotopic (exact) mass is 448 g/mol. The lowest BCUT2D eigenvalue weighted by Crippen LogP contribution is -2.61. The maximum atomic E-state index is 13.3. The van der Waals surface area contributed by atoms with E-state index < -0.39 is 16.0 Å². The van der Waals surface area contributed by atoms with Crippen molar-refractivity contribution in [3.05, 3.63) is 93.7 Å². The second-order valence-electron chi connectivity index (χ2n) is 8.21. The zero-order chi connectivity index (χ0) is 22.3. The van der Waals surface area contributed by atoms with Gasteiger partial charge < -0.3 is 10.0 Å². The lowest BCUT2D eigenvalue weighted by Gasteiger charge is -2.49. The molecule has 1 atom stereocenters. The molecule has 1 N–H and O–H groups in total. The topological polar surface area (TPSA) is 78.7 Å². The summed E-state index contributed by atoms with van der Waals surface area (Å²) in [5.41, 5.74) is 2.33. The highest BCUT2D eigenvalue weighted by Gasteiger charge is 2.45. The van der Waals surface area contributed by atoms with Crippen LogP contribution >= 0.6 is 12.6 Å². The molecule has 5 rings (SSSR count). The van der Waals surface area contributed by atoms with Gasteiger partial charge in [-0.3, -0.25) is 24.3 Å². The van der Waals surface area contributed by atoms with Crippen molar-refractivity contribution in [3.63, 3.8) is 0 Å². The summed E-state index contributed by atoms with van der Waals surface area (Å²) in [6.45, 7) is 0.784. The lowest BCUT2D eigenvalue weighted by molar-refractivity contribution is 0.0672. The summed E-state index contributed by atoms with van der Waals surface area (Å²) in [7, 11) is 0. The van der Waals surface area contributed by atoms with E-state index in [1.54, 1.807) is 15.8 Å². The van der Waals surface area contributed by atoms with Gasteiger partial charge in [0.15, 0.2) is 16.3 Å². The second-order valence-corrected chi connectivity index (χ2v) is 8.86. The van der Waals surface area contributed by atoms with Crippen LogP contribution in [-0.2, 0) is 11.3 Å². The molecule has 8 heteroatoms. The fourth-order valence-corrected chi connectivity index (χ4v) is 5.17. The number of aromatic hydroxyl groups is 1. The fraction of sp³-hybridized carbons (Fsp3) is 0.292. The molecule has 1 aromatic carbocycles. The van der Waals surface area contributed by atoms with Gasteiger partial charge in [-0.05, 0) is 36.5 Å². The molecule has 32 heavy (non-hydrogen) atoms. The van der Waals surface area contributed by atoms with E-state index in [-0.39, 0.29) is 18.3 Å². The molecule has 2 aliphatic rings. The number of fused-ring (bicyclic) bond motifs is 5. The van der Waals surface area contributed by atoms with Gasteiger partial charge in [-0.25, -0.2) is 0 Å². The Balaban J connectivity index is 1.84. The van der Waals surface area contributed by atoms with E-state index in [0.29, 0.717) is 6.54 Å². The van der Waals surface area contributed by atoms with Crippen LogP contribution in [0.25, 0.3) is 0 Å². The van der Waals surface area contributed by atoms with Gasteiger partial charge in [-0.1, -0.05) is 36.8 Å². The number of pyridine rings is 2. The highest BCUT2D eigenvalue weighted by atomic mass is 32.1. The first-order chi connectivity index (χ1) is 15.5. The molecular weight excluding hydrogens is 424 g/mol. The van der Waals surface area contributed by atoms with Gasteiger partial charge in [0.25, 0.3) is 5.91 Å². The Bertz CT molecular complexity index is 1230. The third-order valence-electron chi connectivity index (χ3n) is 6.32. The lowest BCUT2D eigenvalue weighted by atomic mass is 9.92. The van der Waals surface area contributed by atoms with Crippen molar-refractivity contribution in [1.82, 2.24) is 14.6 Å². The van der Waals surface area contributed by atoms with Crippen LogP contribution in [0.15, 0.2) is 65.8 Å². The SMILES string of the molecule is O=C1c2c(O)c(=O)ccn2N2CN1CCCCCc1ccncc1[C@@]2(S)c1ccccc1. The van der Waals surface area contributed by atoms with Crippen molar-refractivity contribution in [2.45, 2.75) is 30.6 Å². The van der Waals surface area contributed by atoms with Crippen LogP contribution in [0.3, 0.4) is 0 Å². The first-order valence-corrected chi connectivity index (χ1v) is 11.2. The summed E-state index contributed by atoms with van der Waals surface area (Å²) in [5, 5.41) is 12.5. The molecule has 0 fully saturated rings. The van der Waals surface area contributed by atoms with Gasteiger partial charge >= 0.3 is 0 Å². The predicted molar refractivity (Wildman–Crippen MR) is 124 cm³/mol. The minimum atomic E-state index is -1.01. The molecule has 0 spiro atoms. The average Bonchev–Trinajstić information content (AvgIpc) is 2.84. The summed E-state index contributed by atoms with van der Waals surface area (Å²) in [6.07, 6.45) is 8.81. The highest BCUT2D eigenvalue weighted by molar-refractivity contribution is 7.81. The van der Waals surface area contributed by atoms with E-state index in [2.05, 4.69) is 4.98 Å². The number of amides is 1. The van der Waals surface area contributed by atoms with Crippen molar-refractivity contribution < 1.29 is 9.90 Å².